The Bertz CT molecular complexity index is 201. The van der Waals surface area contributed by atoms with Gasteiger partial charge in [0, 0.05) is 6.42 Å². The van der Waals surface area contributed by atoms with Crippen molar-refractivity contribution >= 4 is 11.9 Å². The number of rotatable bonds is 8. The van der Waals surface area contributed by atoms with Gasteiger partial charge in [0.05, 0.1) is 13.0 Å². The number of carbonyl (C=O) groups is 2. The Morgan fingerprint density at radius 1 is 1.20 bits per heavy atom. The predicted octanol–water partition coefficient (Wildman–Crippen LogP) is 2.22. The van der Waals surface area contributed by atoms with Crippen LogP contribution in [0.5, 0.6) is 0 Å². The standard InChI is InChI=1S/C11H20O4/c1-9(11(13)14)7-5-3-4-6-8-10(12)15-2/h9H,3-8H2,1-2H3,(H,13,14). The fourth-order valence-corrected chi connectivity index (χ4v) is 1.30. The summed E-state index contributed by atoms with van der Waals surface area (Å²) in [4.78, 5) is 21.2. The third-order valence-electron chi connectivity index (χ3n) is 2.42. The number of hydrogen-bond donors (Lipinski definition) is 1. The smallest absolute Gasteiger partial charge is 0.306 e. The molecule has 1 unspecified atom stereocenters. The lowest BCUT2D eigenvalue weighted by Gasteiger charge is -2.05. The first-order valence-electron chi connectivity index (χ1n) is 5.37. The van der Waals surface area contributed by atoms with Crippen LogP contribution in [0.2, 0.25) is 0 Å². The van der Waals surface area contributed by atoms with Crippen molar-refractivity contribution in [3.63, 3.8) is 0 Å². The van der Waals surface area contributed by atoms with Crippen molar-refractivity contribution in [1.82, 2.24) is 0 Å². The molecule has 1 N–H and O–H groups in total. The monoisotopic (exact) mass is 216 g/mol. The zero-order valence-corrected chi connectivity index (χ0v) is 9.49. The largest absolute Gasteiger partial charge is 0.481 e. The van der Waals surface area contributed by atoms with Gasteiger partial charge in [-0.3, -0.25) is 9.59 Å². The fraction of sp³-hybridized carbons (Fsp3) is 0.818. The van der Waals surface area contributed by atoms with E-state index in [0.29, 0.717) is 12.8 Å². The molecule has 1 atom stereocenters. The van der Waals surface area contributed by atoms with E-state index in [4.69, 9.17) is 5.11 Å². The van der Waals surface area contributed by atoms with Crippen molar-refractivity contribution in [2.24, 2.45) is 5.92 Å². The second-order valence-corrected chi connectivity index (χ2v) is 3.77. The second kappa shape index (κ2) is 8.26. The van der Waals surface area contributed by atoms with Crippen LogP contribution in [0.1, 0.15) is 45.4 Å². The van der Waals surface area contributed by atoms with E-state index in [1.807, 2.05) is 0 Å². The van der Waals surface area contributed by atoms with Crippen LogP contribution >= 0.6 is 0 Å². The lowest BCUT2D eigenvalue weighted by atomic mass is 10.0. The van der Waals surface area contributed by atoms with E-state index in [-0.39, 0.29) is 11.9 Å². The minimum absolute atomic E-state index is 0.172. The lowest BCUT2D eigenvalue weighted by molar-refractivity contribution is -0.141. The Balaban J connectivity index is 3.25. The third kappa shape index (κ3) is 7.97. The summed E-state index contributed by atoms with van der Waals surface area (Å²) < 4.78 is 4.51. The molecule has 0 heterocycles. The Morgan fingerprint density at radius 2 is 1.80 bits per heavy atom. The van der Waals surface area contributed by atoms with Crippen LogP contribution in [0, 0.1) is 5.92 Å². The van der Waals surface area contributed by atoms with Crippen molar-refractivity contribution in [3.05, 3.63) is 0 Å². The molecule has 88 valence electrons. The Morgan fingerprint density at radius 3 is 2.33 bits per heavy atom. The van der Waals surface area contributed by atoms with Gasteiger partial charge in [0.25, 0.3) is 0 Å². The number of carbonyl (C=O) groups excluding carboxylic acids is 1. The van der Waals surface area contributed by atoms with E-state index in [1.165, 1.54) is 7.11 Å². The van der Waals surface area contributed by atoms with Crippen molar-refractivity contribution in [2.75, 3.05) is 7.11 Å². The molecule has 0 spiro atoms. The summed E-state index contributed by atoms with van der Waals surface area (Å²) >= 11 is 0. The molecule has 4 heteroatoms. The van der Waals surface area contributed by atoms with Gasteiger partial charge in [0.2, 0.25) is 0 Å². The van der Waals surface area contributed by atoms with Crippen LogP contribution in [0.25, 0.3) is 0 Å². The molecule has 0 saturated carbocycles. The molecule has 0 aliphatic carbocycles. The van der Waals surface area contributed by atoms with E-state index in [2.05, 4.69) is 4.74 Å². The molecule has 0 aromatic heterocycles. The number of carboxylic acids is 1. The molecule has 0 rings (SSSR count). The van der Waals surface area contributed by atoms with Gasteiger partial charge in [0.15, 0.2) is 0 Å². The number of methoxy groups -OCH3 is 1. The molecule has 4 nitrogen and oxygen atoms in total. The molecule has 0 fully saturated rings. The average Bonchev–Trinajstić information content (AvgIpc) is 2.22. The van der Waals surface area contributed by atoms with Crippen LogP contribution in [0.3, 0.4) is 0 Å². The highest BCUT2D eigenvalue weighted by molar-refractivity contribution is 5.69. The van der Waals surface area contributed by atoms with E-state index in [0.717, 1.165) is 25.7 Å². The summed E-state index contributed by atoms with van der Waals surface area (Å²) in [6.07, 6.45) is 4.86. The lowest BCUT2D eigenvalue weighted by Crippen LogP contribution is -2.08. The van der Waals surface area contributed by atoms with Gasteiger partial charge in [-0.15, -0.1) is 0 Å². The number of carboxylic acid groups (broad SMARTS) is 1. The maximum absolute atomic E-state index is 10.7. The van der Waals surface area contributed by atoms with Crippen LogP contribution in [0.15, 0.2) is 0 Å². The SMILES string of the molecule is COC(=O)CCCCCCC(C)C(=O)O. The zero-order chi connectivity index (χ0) is 11.7. The molecule has 0 saturated heterocycles. The average molecular weight is 216 g/mol. The summed E-state index contributed by atoms with van der Waals surface area (Å²) in [6.45, 7) is 1.72. The molecule has 0 aromatic carbocycles. The highest BCUT2D eigenvalue weighted by Crippen LogP contribution is 2.11. The normalized spacial score (nSPS) is 12.1. The second-order valence-electron chi connectivity index (χ2n) is 3.77. The number of hydrogen-bond acceptors (Lipinski definition) is 3. The topological polar surface area (TPSA) is 63.6 Å². The quantitative estimate of drug-likeness (QED) is 0.499. The molecule has 0 bridgehead atoms. The van der Waals surface area contributed by atoms with Crippen molar-refractivity contribution < 1.29 is 19.4 Å². The van der Waals surface area contributed by atoms with Gasteiger partial charge in [0.1, 0.15) is 0 Å². The number of ether oxygens (including phenoxy) is 1. The van der Waals surface area contributed by atoms with Gasteiger partial charge in [-0.2, -0.15) is 0 Å². The van der Waals surface area contributed by atoms with Gasteiger partial charge >= 0.3 is 11.9 Å². The van der Waals surface area contributed by atoms with Gasteiger partial charge in [-0.1, -0.05) is 26.2 Å². The van der Waals surface area contributed by atoms with Gasteiger partial charge in [-0.25, -0.2) is 0 Å². The molecular weight excluding hydrogens is 196 g/mol. The maximum atomic E-state index is 10.7. The van der Waals surface area contributed by atoms with E-state index >= 15 is 0 Å². The number of esters is 1. The molecule has 0 aliphatic rings. The Hall–Kier alpha value is -1.06. The van der Waals surface area contributed by atoms with Crippen molar-refractivity contribution in [2.45, 2.75) is 45.4 Å². The molecule has 0 aromatic rings. The summed E-state index contributed by atoms with van der Waals surface area (Å²) in [5.74, 6) is -1.16. The van der Waals surface area contributed by atoms with E-state index < -0.39 is 5.97 Å². The van der Waals surface area contributed by atoms with E-state index in [1.54, 1.807) is 6.92 Å². The van der Waals surface area contributed by atoms with Gasteiger partial charge < -0.3 is 9.84 Å². The number of aliphatic carboxylic acids is 1. The minimum atomic E-state index is -0.732. The molecular formula is C11H20O4. The Kier molecular flexibility index (Phi) is 7.68. The predicted molar refractivity (Wildman–Crippen MR) is 56.5 cm³/mol. The van der Waals surface area contributed by atoms with Crippen molar-refractivity contribution in [3.8, 4) is 0 Å². The third-order valence-corrected chi connectivity index (χ3v) is 2.42. The molecule has 15 heavy (non-hydrogen) atoms. The van der Waals surface area contributed by atoms with E-state index in [9.17, 15) is 9.59 Å². The molecule has 0 radical (unpaired) electrons. The summed E-state index contributed by atoms with van der Waals surface area (Å²) in [5.41, 5.74) is 0. The number of unbranched alkanes of at least 4 members (excludes halogenated alkanes) is 3. The summed E-state index contributed by atoms with van der Waals surface area (Å²) in [5, 5.41) is 8.63. The Labute approximate surface area is 90.6 Å². The highest BCUT2D eigenvalue weighted by Gasteiger charge is 2.09. The maximum Gasteiger partial charge on any atom is 0.306 e. The first kappa shape index (κ1) is 13.9. The van der Waals surface area contributed by atoms with Crippen LogP contribution in [0.4, 0.5) is 0 Å². The van der Waals surface area contributed by atoms with Crippen LogP contribution < -0.4 is 0 Å². The molecule has 0 aliphatic heterocycles. The summed E-state index contributed by atoms with van der Waals surface area (Å²) in [6, 6.07) is 0. The fourth-order valence-electron chi connectivity index (χ4n) is 1.30. The van der Waals surface area contributed by atoms with Crippen LogP contribution in [-0.4, -0.2) is 24.2 Å². The highest BCUT2D eigenvalue weighted by atomic mass is 16.5. The molecule has 0 amide bonds. The van der Waals surface area contributed by atoms with Crippen LogP contribution in [-0.2, 0) is 14.3 Å². The minimum Gasteiger partial charge on any atom is -0.481 e. The zero-order valence-electron chi connectivity index (χ0n) is 9.49. The first-order chi connectivity index (χ1) is 7.07. The summed E-state index contributed by atoms with van der Waals surface area (Å²) in [7, 11) is 1.39. The van der Waals surface area contributed by atoms with Gasteiger partial charge in [-0.05, 0) is 12.8 Å². The first-order valence-corrected chi connectivity index (χ1v) is 5.37. The van der Waals surface area contributed by atoms with Crippen molar-refractivity contribution in [1.29, 1.82) is 0 Å².